The quantitative estimate of drug-likeness (QED) is 0.659. The van der Waals surface area contributed by atoms with Gasteiger partial charge in [-0.05, 0) is 25.7 Å². The Balaban J connectivity index is 1.62. The summed E-state index contributed by atoms with van der Waals surface area (Å²) in [5.74, 6) is 1.94. The molecule has 0 aliphatic heterocycles. The van der Waals surface area contributed by atoms with Crippen molar-refractivity contribution in [3.63, 3.8) is 0 Å². The normalized spacial score (nSPS) is 25.1. The molecule has 1 aliphatic rings. The van der Waals surface area contributed by atoms with Crippen molar-refractivity contribution in [2.75, 3.05) is 12.3 Å². The summed E-state index contributed by atoms with van der Waals surface area (Å²) in [6.07, 6.45) is 5.55. The standard InChI is InChI=1S/C12H21N3S2/c1-9-5-3-4-6-11(9)13-7-8-16-12-15-14-10(2)17-12/h9,11,13H,3-8H2,1-2H3. The van der Waals surface area contributed by atoms with Crippen molar-refractivity contribution in [3.8, 4) is 0 Å². The molecule has 2 atom stereocenters. The zero-order valence-electron chi connectivity index (χ0n) is 10.6. The smallest absolute Gasteiger partial charge is 0.174 e. The maximum atomic E-state index is 4.12. The number of hydrogen-bond donors (Lipinski definition) is 1. The Morgan fingerprint density at radius 1 is 1.35 bits per heavy atom. The summed E-state index contributed by atoms with van der Waals surface area (Å²) < 4.78 is 1.10. The minimum Gasteiger partial charge on any atom is -0.313 e. The molecule has 5 heteroatoms. The molecule has 0 amide bonds. The fourth-order valence-corrected chi connectivity index (χ4v) is 4.10. The van der Waals surface area contributed by atoms with Crippen molar-refractivity contribution in [2.45, 2.75) is 49.9 Å². The van der Waals surface area contributed by atoms with Crippen LogP contribution in [0.15, 0.2) is 4.34 Å². The highest BCUT2D eigenvalue weighted by molar-refractivity contribution is 8.01. The molecule has 0 bridgehead atoms. The minimum atomic E-state index is 0.737. The molecule has 1 fully saturated rings. The second-order valence-electron chi connectivity index (χ2n) is 4.76. The van der Waals surface area contributed by atoms with E-state index < -0.39 is 0 Å². The summed E-state index contributed by atoms with van der Waals surface area (Å²) in [7, 11) is 0. The molecule has 3 nitrogen and oxygen atoms in total. The third kappa shape index (κ3) is 4.23. The molecule has 17 heavy (non-hydrogen) atoms. The SMILES string of the molecule is Cc1nnc(SCCNC2CCCCC2C)s1. The van der Waals surface area contributed by atoms with Gasteiger partial charge in [-0.1, -0.05) is 42.9 Å². The summed E-state index contributed by atoms with van der Waals surface area (Å²) in [6, 6.07) is 0.737. The zero-order valence-corrected chi connectivity index (χ0v) is 12.2. The van der Waals surface area contributed by atoms with Crippen LogP contribution < -0.4 is 5.32 Å². The van der Waals surface area contributed by atoms with E-state index in [2.05, 4.69) is 22.4 Å². The van der Waals surface area contributed by atoms with Crippen LogP contribution in [0.25, 0.3) is 0 Å². The lowest BCUT2D eigenvalue weighted by Gasteiger charge is -2.29. The first kappa shape index (κ1) is 13.3. The van der Waals surface area contributed by atoms with Crippen molar-refractivity contribution in [3.05, 3.63) is 5.01 Å². The largest absolute Gasteiger partial charge is 0.313 e. The molecular weight excluding hydrogens is 250 g/mol. The first-order valence-corrected chi connectivity index (χ1v) is 8.22. The van der Waals surface area contributed by atoms with Crippen LogP contribution >= 0.6 is 23.1 Å². The van der Waals surface area contributed by atoms with Gasteiger partial charge in [-0.2, -0.15) is 0 Å². The Bertz CT molecular complexity index is 340. The van der Waals surface area contributed by atoms with Gasteiger partial charge in [-0.15, -0.1) is 10.2 Å². The van der Waals surface area contributed by atoms with Gasteiger partial charge in [0, 0.05) is 18.3 Å². The van der Waals surface area contributed by atoms with Crippen LogP contribution in [0.5, 0.6) is 0 Å². The monoisotopic (exact) mass is 271 g/mol. The van der Waals surface area contributed by atoms with Gasteiger partial charge in [0.25, 0.3) is 0 Å². The Morgan fingerprint density at radius 2 is 2.18 bits per heavy atom. The molecule has 2 unspecified atom stereocenters. The van der Waals surface area contributed by atoms with E-state index in [0.717, 1.165) is 33.6 Å². The molecule has 1 saturated carbocycles. The molecule has 1 aromatic rings. The summed E-state index contributed by atoms with van der Waals surface area (Å²) in [5, 5.41) is 12.9. The first-order chi connectivity index (χ1) is 8.25. The van der Waals surface area contributed by atoms with Gasteiger partial charge >= 0.3 is 0 Å². The lowest BCUT2D eigenvalue weighted by Crippen LogP contribution is -2.38. The van der Waals surface area contributed by atoms with E-state index in [9.17, 15) is 0 Å². The average Bonchev–Trinajstić information content (AvgIpc) is 2.73. The van der Waals surface area contributed by atoms with E-state index >= 15 is 0 Å². The number of thioether (sulfide) groups is 1. The average molecular weight is 271 g/mol. The van der Waals surface area contributed by atoms with Crippen molar-refractivity contribution in [1.82, 2.24) is 15.5 Å². The summed E-state index contributed by atoms with van der Waals surface area (Å²) in [5.41, 5.74) is 0. The Hall–Kier alpha value is -0.130. The summed E-state index contributed by atoms with van der Waals surface area (Å²) >= 11 is 3.50. The molecule has 1 aromatic heterocycles. The number of nitrogens with zero attached hydrogens (tertiary/aromatic N) is 2. The van der Waals surface area contributed by atoms with Crippen LogP contribution in [0.3, 0.4) is 0 Å². The van der Waals surface area contributed by atoms with Crippen molar-refractivity contribution < 1.29 is 0 Å². The van der Waals surface area contributed by atoms with Gasteiger partial charge in [0.1, 0.15) is 5.01 Å². The molecule has 0 saturated heterocycles. The first-order valence-electron chi connectivity index (χ1n) is 6.42. The van der Waals surface area contributed by atoms with E-state index in [1.54, 1.807) is 11.3 Å². The van der Waals surface area contributed by atoms with Crippen LogP contribution in [0.4, 0.5) is 0 Å². The van der Waals surface area contributed by atoms with Crippen LogP contribution in [0.2, 0.25) is 0 Å². The number of nitrogens with one attached hydrogen (secondary N) is 1. The van der Waals surface area contributed by atoms with E-state index in [0.29, 0.717) is 0 Å². The second-order valence-corrected chi connectivity index (χ2v) is 7.28. The molecule has 0 aromatic carbocycles. The second kappa shape index (κ2) is 6.71. The minimum absolute atomic E-state index is 0.737. The summed E-state index contributed by atoms with van der Waals surface area (Å²) in [4.78, 5) is 0. The van der Waals surface area contributed by atoms with Gasteiger partial charge in [0.05, 0.1) is 0 Å². The topological polar surface area (TPSA) is 37.8 Å². The van der Waals surface area contributed by atoms with Crippen molar-refractivity contribution in [2.24, 2.45) is 5.92 Å². The van der Waals surface area contributed by atoms with Crippen LogP contribution in [0, 0.1) is 12.8 Å². The molecule has 1 aliphatic carbocycles. The predicted molar refractivity (Wildman–Crippen MR) is 74.8 cm³/mol. The van der Waals surface area contributed by atoms with Crippen LogP contribution in [-0.2, 0) is 0 Å². The van der Waals surface area contributed by atoms with Gasteiger partial charge in [-0.3, -0.25) is 0 Å². The highest BCUT2D eigenvalue weighted by Gasteiger charge is 2.20. The van der Waals surface area contributed by atoms with Crippen molar-refractivity contribution >= 4 is 23.1 Å². The predicted octanol–water partition coefficient (Wildman–Crippen LogP) is 3.11. The van der Waals surface area contributed by atoms with E-state index in [1.165, 1.54) is 25.7 Å². The molecule has 1 N–H and O–H groups in total. The maximum absolute atomic E-state index is 4.12. The fourth-order valence-electron chi connectivity index (χ4n) is 2.34. The van der Waals surface area contributed by atoms with Gasteiger partial charge in [-0.25, -0.2) is 0 Å². The van der Waals surface area contributed by atoms with E-state index in [4.69, 9.17) is 0 Å². The third-order valence-electron chi connectivity index (χ3n) is 3.35. The van der Waals surface area contributed by atoms with Crippen LogP contribution in [0.1, 0.15) is 37.6 Å². The number of hydrogen-bond acceptors (Lipinski definition) is 5. The molecule has 0 radical (unpaired) electrons. The number of aryl methyl sites for hydroxylation is 1. The van der Waals surface area contributed by atoms with Gasteiger partial charge < -0.3 is 5.32 Å². The number of rotatable bonds is 5. The third-order valence-corrected chi connectivity index (χ3v) is 5.33. The van der Waals surface area contributed by atoms with E-state index in [-0.39, 0.29) is 0 Å². The highest BCUT2D eigenvalue weighted by atomic mass is 32.2. The Labute approximate surface area is 112 Å². The molecular formula is C12H21N3S2. The summed E-state index contributed by atoms with van der Waals surface area (Å²) in [6.45, 7) is 5.46. The molecule has 1 heterocycles. The zero-order chi connectivity index (χ0) is 12.1. The van der Waals surface area contributed by atoms with Gasteiger partial charge in [0.15, 0.2) is 4.34 Å². The lowest BCUT2D eigenvalue weighted by molar-refractivity contribution is 0.285. The molecule has 2 rings (SSSR count). The van der Waals surface area contributed by atoms with Gasteiger partial charge in [0.2, 0.25) is 0 Å². The lowest BCUT2D eigenvalue weighted by atomic mass is 9.86. The fraction of sp³-hybridized carbons (Fsp3) is 0.833. The van der Waals surface area contributed by atoms with Crippen LogP contribution in [-0.4, -0.2) is 28.5 Å². The molecule has 0 spiro atoms. The van der Waals surface area contributed by atoms with E-state index in [1.807, 2.05) is 18.7 Å². The number of aromatic nitrogens is 2. The maximum Gasteiger partial charge on any atom is 0.174 e. The van der Waals surface area contributed by atoms with Crippen molar-refractivity contribution in [1.29, 1.82) is 0 Å². The Kier molecular flexibility index (Phi) is 5.25. The molecule has 96 valence electrons. The Morgan fingerprint density at radius 3 is 2.88 bits per heavy atom. The highest BCUT2D eigenvalue weighted by Crippen LogP contribution is 2.24.